The number of ether oxygens (including phenoxy) is 1. The molecule has 1 aliphatic rings. The molecule has 3 rings (SSSR count). The minimum Gasteiger partial charge on any atom is -0.497 e. The third kappa shape index (κ3) is 4.79. The molecule has 0 saturated carbocycles. The number of carbonyl (C=O) groups is 2. The van der Waals surface area contributed by atoms with Gasteiger partial charge in [-0.3, -0.25) is 9.59 Å². The lowest BCUT2D eigenvalue weighted by atomic mass is 10.2. The molecule has 0 atom stereocenters. The molecule has 0 aliphatic carbocycles. The molecule has 1 aliphatic heterocycles. The van der Waals surface area contributed by atoms with Crippen molar-refractivity contribution in [3.05, 3.63) is 54.1 Å². The number of nitrogens with zero attached hydrogens (tertiary/aromatic N) is 1. The summed E-state index contributed by atoms with van der Waals surface area (Å²) in [6, 6.07) is 15.3. The van der Waals surface area contributed by atoms with Crippen LogP contribution in [0.15, 0.2) is 48.5 Å². The largest absolute Gasteiger partial charge is 0.497 e. The van der Waals surface area contributed by atoms with E-state index in [9.17, 15) is 9.59 Å². The van der Waals surface area contributed by atoms with Crippen LogP contribution in [0, 0.1) is 0 Å². The average molecular weight is 370 g/mol. The van der Waals surface area contributed by atoms with Gasteiger partial charge in [0, 0.05) is 30.1 Å². The highest BCUT2D eigenvalue weighted by atomic mass is 32.2. The van der Waals surface area contributed by atoms with E-state index in [1.54, 1.807) is 23.8 Å². The van der Waals surface area contributed by atoms with Gasteiger partial charge in [-0.05, 0) is 48.4 Å². The first-order chi connectivity index (χ1) is 12.7. The van der Waals surface area contributed by atoms with Gasteiger partial charge in [0.1, 0.15) is 5.75 Å². The number of carbonyl (C=O) groups excluding carboxylic acids is 2. The summed E-state index contributed by atoms with van der Waals surface area (Å²) in [5.74, 6) is 2.12. The van der Waals surface area contributed by atoms with Crippen LogP contribution in [0.2, 0.25) is 0 Å². The van der Waals surface area contributed by atoms with E-state index in [1.165, 1.54) is 0 Å². The molecule has 0 aromatic heterocycles. The fourth-order valence-electron chi connectivity index (χ4n) is 2.83. The van der Waals surface area contributed by atoms with Gasteiger partial charge >= 0.3 is 0 Å². The first-order valence-electron chi connectivity index (χ1n) is 8.56. The lowest BCUT2D eigenvalue weighted by molar-refractivity contribution is -0.117. The van der Waals surface area contributed by atoms with E-state index in [1.807, 2.05) is 48.5 Å². The molecule has 5 nitrogen and oxygen atoms in total. The van der Waals surface area contributed by atoms with Gasteiger partial charge in [-0.25, -0.2) is 0 Å². The number of thioether (sulfide) groups is 1. The predicted molar refractivity (Wildman–Crippen MR) is 106 cm³/mol. The summed E-state index contributed by atoms with van der Waals surface area (Å²) >= 11 is 1.57. The number of hydrogen-bond donors (Lipinski definition) is 1. The molecule has 136 valence electrons. The number of nitrogens with one attached hydrogen (secondary N) is 1. The summed E-state index contributed by atoms with van der Waals surface area (Å²) in [5.41, 5.74) is 2.79. The van der Waals surface area contributed by atoms with Crippen LogP contribution in [0.1, 0.15) is 18.4 Å². The van der Waals surface area contributed by atoms with Crippen molar-refractivity contribution in [1.29, 1.82) is 0 Å². The standard InChI is InChI=1S/C20H22N2O3S/c1-25-18-10-4-15(5-11-18)13-26-14-19(23)21-16-6-8-17(9-7-16)22-12-2-3-20(22)24/h4-11H,2-3,12-14H2,1H3,(H,21,23). The van der Waals surface area contributed by atoms with Crippen molar-refractivity contribution in [3.8, 4) is 5.75 Å². The number of amides is 2. The second kappa shape index (κ2) is 8.76. The van der Waals surface area contributed by atoms with Crippen molar-refractivity contribution >= 4 is 35.0 Å². The minimum atomic E-state index is -0.0338. The van der Waals surface area contributed by atoms with Crippen molar-refractivity contribution in [2.45, 2.75) is 18.6 Å². The number of hydrogen-bond acceptors (Lipinski definition) is 4. The van der Waals surface area contributed by atoms with Crippen molar-refractivity contribution < 1.29 is 14.3 Å². The SMILES string of the molecule is COc1ccc(CSCC(=O)Nc2ccc(N3CCCC3=O)cc2)cc1. The van der Waals surface area contributed by atoms with E-state index in [2.05, 4.69) is 5.32 Å². The quantitative estimate of drug-likeness (QED) is 0.807. The van der Waals surface area contributed by atoms with Crippen LogP contribution in [0.4, 0.5) is 11.4 Å². The Balaban J connectivity index is 1.44. The molecule has 2 aromatic carbocycles. The lowest BCUT2D eigenvalue weighted by Crippen LogP contribution is -2.23. The normalized spacial score (nSPS) is 13.7. The van der Waals surface area contributed by atoms with Gasteiger partial charge in [0.2, 0.25) is 11.8 Å². The highest BCUT2D eigenvalue weighted by Crippen LogP contribution is 2.23. The van der Waals surface area contributed by atoms with Crippen molar-refractivity contribution in [2.24, 2.45) is 0 Å². The molecule has 0 spiro atoms. The zero-order valence-electron chi connectivity index (χ0n) is 14.7. The molecular formula is C20H22N2O3S. The second-order valence-electron chi connectivity index (χ2n) is 6.08. The van der Waals surface area contributed by atoms with E-state index in [4.69, 9.17) is 4.74 Å². The Morgan fingerprint density at radius 2 is 1.88 bits per heavy atom. The molecule has 1 N–H and O–H groups in total. The van der Waals surface area contributed by atoms with Crippen LogP contribution in [-0.4, -0.2) is 31.2 Å². The zero-order valence-corrected chi connectivity index (χ0v) is 15.6. The summed E-state index contributed by atoms with van der Waals surface area (Å²) in [5, 5.41) is 2.89. The van der Waals surface area contributed by atoms with E-state index >= 15 is 0 Å². The van der Waals surface area contributed by atoms with Gasteiger partial charge in [0.15, 0.2) is 0 Å². The Labute approximate surface area is 157 Å². The van der Waals surface area contributed by atoms with Crippen LogP contribution in [0.5, 0.6) is 5.75 Å². The fraction of sp³-hybridized carbons (Fsp3) is 0.300. The first kappa shape index (κ1) is 18.3. The third-order valence-electron chi connectivity index (χ3n) is 4.20. The molecule has 2 amide bonds. The number of benzene rings is 2. The molecule has 1 heterocycles. The molecule has 0 bridgehead atoms. The van der Waals surface area contributed by atoms with Gasteiger partial charge in [-0.15, -0.1) is 11.8 Å². The molecule has 26 heavy (non-hydrogen) atoms. The summed E-state index contributed by atoms with van der Waals surface area (Å²) in [6.07, 6.45) is 1.52. The maximum absolute atomic E-state index is 12.1. The Kier molecular flexibility index (Phi) is 6.17. The number of rotatable bonds is 7. The van der Waals surface area contributed by atoms with Crippen LogP contribution in [0.3, 0.4) is 0 Å². The number of methoxy groups -OCH3 is 1. The molecule has 1 fully saturated rings. The Morgan fingerprint density at radius 1 is 1.15 bits per heavy atom. The fourth-order valence-corrected chi connectivity index (χ4v) is 3.61. The van der Waals surface area contributed by atoms with Gasteiger partial charge in [0.05, 0.1) is 12.9 Å². The Morgan fingerprint density at radius 3 is 2.50 bits per heavy atom. The van der Waals surface area contributed by atoms with Gasteiger partial charge in [-0.2, -0.15) is 0 Å². The van der Waals surface area contributed by atoms with Crippen LogP contribution < -0.4 is 15.0 Å². The monoisotopic (exact) mass is 370 g/mol. The summed E-state index contributed by atoms with van der Waals surface area (Å²) in [4.78, 5) is 25.6. The van der Waals surface area contributed by atoms with Crippen molar-refractivity contribution in [1.82, 2.24) is 0 Å². The zero-order chi connectivity index (χ0) is 18.4. The van der Waals surface area contributed by atoms with E-state index in [0.29, 0.717) is 12.2 Å². The van der Waals surface area contributed by atoms with Gasteiger partial charge < -0.3 is 15.0 Å². The van der Waals surface area contributed by atoms with E-state index in [0.717, 1.165) is 41.4 Å². The van der Waals surface area contributed by atoms with Crippen LogP contribution >= 0.6 is 11.8 Å². The molecule has 6 heteroatoms. The minimum absolute atomic E-state index is 0.0338. The molecular weight excluding hydrogens is 348 g/mol. The summed E-state index contributed by atoms with van der Waals surface area (Å²) < 4.78 is 5.13. The Bertz CT molecular complexity index is 760. The summed E-state index contributed by atoms with van der Waals surface area (Å²) in [6.45, 7) is 0.770. The first-order valence-corrected chi connectivity index (χ1v) is 9.72. The molecule has 0 radical (unpaired) electrons. The van der Waals surface area contributed by atoms with E-state index in [-0.39, 0.29) is 11.8 Å². The maximum atomic E-state index is 12.1. The van der Waals surface area contributed by atoms with Crippen LogP contribution in [-0.2, 0) is 15.3 Å². The lowest BCUT2D eigenvalue weighted by Gasteiger charge is -2.16. The molecule has 1 saturated heterocycles. The predicted octanol–water partition coefficient (Wildman–Crippen LogP) is 3.69. The maximum Gasteiger partial charge on any atom is 0.234 e. The highest BCUT2D eigenvalue weighted by Gasteiger charge is 2.21. The second-order valence-corrected chi connectivity index (χ2v) is 7.07. The van der Waals surface area contributed by atoms with Crippen molar-refractivity contribution in [2.75, 3.05) is 29.6 Å². The van der Waals surface area contributed by atoms with E-state index < -0.39 is 0 Å². The van der Waals surface area contributed by atoms with Gasteiger partial charge in [0.25, 0.3) is 0 Å². The summed E-state index contributed by atoms with van der Waals surface area (Å²) in [7, 11) is 1.64. The molecule has 0 unspecified atom stereocenters. The Hall–Kier alpha value is -2.47. The topological polar surface area (TPSA) is 58.6 Å². The van der Waals surface area contributed by atoms with Crippen molar-refractivity contribution in [3.63, 3.8) is 0 Å². The third-order valence-corrected chi connectivity index (χ3v) is 5.20. The number of anilines is 2. The molecule has 2 aromatic rings. The van der Waals surface area contributed by atoms with Crippen LogP contribution in [0.25, 0.3) is 0 Å². The van der Waals surface area contributed by atoms with Gasteiger partial charge in [-0.1, -0.05) is 12.1 Å². The highest BCUT2D eigenvalue weighted by molar-refractivity contribution is 7.99. The smallest absolute Gasteiger partial charge is 0.234 e. The average Bonchev–Trinajstić information content (AvgIpc) is 3.09.